The van der Waals surface area contributed by atoms with Gasteiger partial charge in [-0.25, -0.2) is 0 Å². The first-order valence-electron chi connectivity index (χ1n) is 14.7. The van der Waals surface area contributed by atoms with Crippen LogP contribution in [0.25, 0.3) is 0 Å². The molecule has 38 heavy (non-hydrogen) atoms. The van der Waals surface area contributed by atoms with Gasteiger partial charge in [-0.05, 0) is 84.4 Å². The molecule has 6 nitrogen and oxygen atoms in total. The van der Waals surface area contributed by atoms with Crippen LogP contribution in [0.3, 0.4) is 0 Å². The van der Waals surface area contributed by atoms with E-state index < -0.39 is 0 Å². The van der Waals surface area contributed by atoms with Crippen LogP contribution in [0.1, 0.15) is 92.9 Å². The molecule has 0 spiro atoms. The minimum Gasteiger partial charge on any atom is -0.464 e. The van der Waals surface area contributed by atoms with Gasteiger partial charge in [0.1, 0.15) is 11.9 Å². The molecule has 0 aromatic rings. The maximum atomic E-state index is 14.5. The van der Waals surface area contributed by atoms with Crippen molar-refractivity contribution in [2.75, 3.05) is 13.2 Å². The van der Waals surface area contributed by atoms with E-state index in [0.29, 0.717) is 18.8 Å². The van der Waals surface area contributed by atoms with Gasteiger partial charge in [0.05, 0.1) is 18.7 Å². The Bertz CT molecular complexity index is 1130. The molecule has 0 saturated heterocycles. The first-order chi connectivity index (χ1) is 17.7. The van der Waals surface area contributed by atoms with Gasteiger partial charge in [0.25, 0.3) is 0 Å². The minimum atomic E-state index is -0.370. The standard InChI is InChI=1S/C32H46N2O4/c1-19-21-7-8-30(5)24(29(21,4)14-20(16-33)27(19)37)13-23(35)26-22-15-28(2,3)9-11-32(22,12-10-31(26,30)6)18-38-25(36)17-34/h14,19,21-22,24,26H,7-13,15,17-18,34H2,1-6H3/t19-,21-,22?,24?,26?,29-,30+,31+,32+/m0/s1. The molecule has 0 bridgehead atoms. The summed E-state index contributed by atoms with van der Waals surface area (Å²) in [5.41, 5.74) is 5.17. The third kappa shape index (κ3) is 3.63. The van der Waals surface area contributed by atoms with Gasteiger partial charge in [0, 0.05) is 23.7 Å². The van der Waals surface area contributed by atoms with E-state index in [4.69, 9.17) is 10.5 Å². The number of hydrogen-bond donors (Lipinski definition) is 1. The van der Waals surface area contributed by atoms with Crippen LogP contribution in [0.15, 0.2) is 11.6 Å². The Labute approximate surface area is 228 Å². The summed E-state index contributed by atoms with van der Waals surface area (Å²) in [6.45, 7) is 13.8. The van der Waals surface area contributed by atoms with Crippen molar-refractivity contribution in [3.8, 4) is 6.07 Å². The number of nitrogens with zero attached hydrogens (tertiary/aromatic N) is 1. The van der Waals surface area contributed by atoms with Gasteiger partial charge in [0.2, 0.25) is 0 Å². The van der Waals surface area contributed by atoms with Crippen molar-refractivity contribution in [1.82, 2.24) is 0 Å². The van der Waals surface area contributed by atoms with E-state index in [0.717, 1.165) is 44.9 Å². The van der Waals surface area contributed by atoms with E-state index in [9.17, 15) is 19.6 Å². The van der Waals surface area contributed by atoms with E-state index in [2.05, 4.69) is 40.7 Å². The molecule has 208 valence electrons. The van der Waals surface area contributed by atoms with E-state index in [-0.39, 0.29) is 80.5 Å². The summed E-state index contributed by atoms with van der Waals surface area (Å²) in [5, 5.41) is 9.80. The topological polar surface area (TPSA) is 110 Å². The molecule has 9 atom stereocenters. The van der Waals surface area contributed by atoms with Crippen molar-refractivity contribution in [3.05, 3.63) is 11.6 Å². The highest BCUT2D eigenvalue weighted by Crippen LogP contribution is 2.75. The van der Waals surface area contributed by atoms with Crippen molar-refractivity contribution in [3.63, 3.8) is 0 Å². The summed E-state index contributed by atoms with van der Waals surface area (Å²) >= 11 is 0. The second-order valence-corrected chi connectivity index (χ2v) is 15.1. The first-order valence-corrected chi connectivity index (χ1v) is 14.7. The van der Waals surface area contributed by atoms with Crippen molar-refractivity contribution in [1.29, 1.82) is 5.26 Å². The fourth-order valence-corrected chi connectivity index (χ4v) is 10.6. The normalized spacial score (nSPS) is 47.4. The van der Waals surface area contributed by atoms with E-state index in [1.165, 1.54) is 0 Å². The van der Waals surface area contributed by atoms with Crippen LogP contribution >= 0.6 is 0 Å². The van der Waals surface area contributed by atoms with Gasteiger partial charge >= 0.3 is 5.97 Å². The Balaban J connectivity index is 1.58. The Morgan fingerprint density at radius 3 is 2.39 bits per heavy atom. The van der Waals surface area contributed by atoms with E-state index in [1.807, 2.05) is 13.0 Å². The molecule has 5 aliphatic carbocycles. The highest BCUT2D eigenvalue weighted by Gasteiger charge is 2.71. The zero-order valence-electron chi connectivity index (χ0n) is 24.2. The number of nitrogens with two attached hydrogens (primary N) is 1. The molecule has 5 rings (SSSR count). The number of allylic oxidation sites excluding steroid dienone is 2. The third-order valence-electron chi connectivity index (χ3n) is 13.0. The van der Waals surface area contributed by atoms with Crippen LogP contribution in [0.4, 0.5) is 0 Å². The second kappa shape index (κ2) is 8.75. The average molecular weight is 523 g/mol. The Morgan fingerprint density at radius 1 is 1.05 bits per heavy atom. The molecule has 0 amide bonds. The lowest BCUT2D eigenvalue weighted by Crippen LogP contribution is -2.68. The molecule has 0 aromatic carbocycles. The Morgan fingerprint density at radius 2 is 1.74 bits per heavy atom. The number of carbonyl (C=O) groups excluding carboxylic acids is 3. The van der Waals surface area contributed by atoms with Crippen molar-refractivity contribution in [2.24, 2.45) is 62.4 Å². The van der Waals surface area contributed by atoms with Crippen molar-refractivity contribution >= 4 is 17.5 Å². The predicted molar refractivity (Wildman–Crippen MR) is 144 cm³/mol. The summed E-state index contributed by atoms with van der Waals surface area (Å²) in [7, 11) is 0. The SMILES string of the molecule is C[C@@H]1C(=O)C(C#N)=C[C@]2(C)C3CC(=O)C4C5CC(C)(C)CC[C@]5(COC(=O)CN)CC[C@@]4(C)[C@]3(C)CC[C@@H]12. The molecule has 0 radical (unpaired) electrons. The maximum Gasteiger partial charge on any atom is 0.319 e. The van der Waals surface area contributed by atoms with Crippen LogP contribution in [0.2, 0.25) is 0 Å². The monoisotopic (exact) mass is 522 g/mol. The summed E-state index contributed by atoms with van der Waals surface area (Å²) in [5.74, 6) is 0.0877. The van der Waals surface area contributed by atoms with Crippen molar-refractivity contribution in [2.45, 2.75) is 92.9 Å². The molecule has 3 unspecified atom stereocenters. The lowest BCUT2D eigenvalue weighted by molar-refractivity contribution is -0.224. The maximum absolute atomic E-state index is 14.5. The zero-order valence-corrected chi connectivity index (χ0v) is 24.2. The highest BCUT2D eigenvalue weighted by molar-refractivity contribution is 6.01. The number of fused-ring (bicyclic) bond motifs is 7. The van der Waals surface area contributed by atoms with Crippen LogP contribution in [-0.2, 0) is 19.1 Å². The van der Waals surface area contributed by atoms with Crippen LogP contribution in [-0.4, -0.2) is 30.7 Å². The van der Waals surface area contributed by atoms with Crippen LogP contribution in [0.5, 0.6) is 0 Å². The summed E-state index contributed by atoms with van der Waals surface area (Å²) < 4.78 is 5.73. The molecule has 0 aliphatic heterocycles. The fraction of sp³-hybridized carbons (Fsp3) is 0.812. The van der Waals surface area contributed by atoms with Gasteiger partial charge in [-0.1, -0.05) is 47.6 Å². The predicted octanol–water partition coefficient (Wildman–Crippen LogP) is 5.40. The molecule has 4 saturated carbocycles. The number of esters is 1. The molecule has 0 aromatic heterocycles. The zero-order chi connectivity index (χ0) is 27.9. The lowest BCUT2D eigenvalue weighted by atomic mass is 9.32. The largest absolute Gasteiger partial charge is 0.464 e. The van der Waals surface area contributed by atoms with Gasteiger partial charge in [-0.15, -0.1) is 0 Å². The number of ether oxygens (including phenoxy) is 1. The number of rotatable bonds is 3. The van der Waals surface area contributed by atoms with E-state index in [1.54, 1.807) is 0 Å². The number of Topliss-reactive ketones (excluding diaryl/α,β-unsaturated/α-hetero) is 2. The van der Waals surface area contributed by atoms with Crippen LogP contribution < -0.4 is 5.73 Å². The molecule has 0 heterocycles. The van der Waals surface area contributed by atoms with Gasteiger partial charge in [-0.2, -0.15) is 5.26 Å². The van der Waals surface area contributed by atoms with Crippen molar-refractivity contribution < 1.29 is 19.1 Å². The Kier molecular flexibility index (Phi) is 6.35. The van der Waals surface area contributed by atoms with Crippen LogP contribution in [0, 0.1) is 68.0 Å². The molecule has 6 heteroatoms. The third-order valence-corrected chi connectivity index (χ3v) is 13.0. The fourth-order valence-electron chi connectivity index (χ4n) is 10.6. The summed E-state index contributed by atoms with van der Waals surface area (Å²) in [4.78, 5) is 39.5. The molecule has 2 N–H and O–H groups in total. The summed E-state index contributed by atoms with van der Waals surface area (Å²) in [6, 6.07) is 2.18. The first kappa shape index (κ1) is 27.6. The summed E-state index contributed by atoms with van der Waals surface area (Å²) in [6.07, 6.45) is 9.26. The second-order valence-electron chi connectivity index (χ2n) is 15.1. The smallest absolute Gasteiger partial charge is 0.319 e. The van der Waals surface area contributed by atoms with Gasteiger partial charge in [-0.3, -0.25) is 14.4 Å². The number of nitriles is 1. The average Bonchev–Trinajstić information content (AvgIpc) is 2.86. The number of ketones is 2. The molecule has 5 aliphatic rings. The minimum absolute atomic E-state index is 0.0382. The Hall–Kier alpha value is -2.00. The van der Waals surface area contributed by atoms with E-state index >= 15 is 0 Å². The number of hydrogen-bond acceptors (Lipinski definition) is 6. The molecular weight excluding hydrogens is 476 g/mol. The highest BCUT2D eigenvalue weighted by atomic mass is 16.5. The van der Waals surface area contributed by atoms with Gasteiger partial charge in [0.15, 0.2) is 5.78 Å². The molecular formula is C32H46N2O4. The number of carbonyl (C=O) groups is 3. The van der Waals surface area contributed by atoms with Gasteiger partial charge < -0.3 is 10.5 Å². The molecule has 4 fully saturated rings. The lowest BCUT2D eigenvalue weighted by Gasteiger charge is -2.71. The quantitative estimate of drug-likeness (QED) is 0.497.